The molecule has 9 heteroatoms. The van der Waals surface area contributed by atoms with E-state index in [1.165, 1.54) is 18.2 Å². The number of aliphatic hydroxyl groups is 1. The summed E-state index contributed by atoms with van der Waals surface area (Å²) in [5.74, 6) is -4.29. The molecule has 1 heterocycles. The maximum atomic E-state index is 12.9. The van der Waals surface area contributed by atoms with Gasteiger partial charge in [0.25, 0.3) is 5.92 Å². The minimum atomic E-state index is -4.15. The molecule has 0 aliphatic carbocycles. The van der Waals surface area contributed by atoms with Crippen molar-refractivity contribution in [3.05, 3.63) is 23.8 Å². The van der Waals surface area contributed by atoms with Gasteiger partial charge in [0.05, 0.1) is 17.4 Å². The van der Waals surface area contributed by atoms with Crippen molar-refractivity contribution < 1.29 is 27.1 Å². The van der Waals surface area contributed by atoms with Crippen molar-refractivity contribution in [2.45, 2.75) is 23.7 Å². The van der Waals surface area contributed by atoms with Crippen LogP contribution in [0.3, 0.4) is 0 Å². The van der Waals surface area contributed by atoms with Gasteiger partial charge in [-0.25, -0.2) is 21.9 Å². The summed E-state index contributed by atoms with van der Waals surface area (Å²) >= 11 is 0. The molecule has 21 heavy (non-hydrogen) atoms. The molecule has 3 N–H and O–H groups in total. The first kappa shape index (κ1) is 15.8. The van der Waals surface area contributed by atoms with Gasteiger partial charge in [-0.15, -0.1) is 0 Å². The Morgan fingerprint density at radius 2 is 2.10 bits per heavy atom. The highest BCUT2D eigenvalue weighted by Gasteiger charge is 2.32. The summed E-state index contributed by atoms with van der Waals surface area (Å²) in [6.07, 6.45) is 0. The van der Waals surface area contributed by atoms with Gasteiger partial charge in [-0.3, -0.25) is 4.79 Å². The van der Waals surface area contributed by atoms with Crippen molar-refractivity contribution in [1.29, 1.82) is 0 Å². The van der Waals surface area contributed by atoms with Crippen molar-refractivity contribution >= 4 is 21.6 Å². The topological polar surface area (TPSA) is 95.5 Å². The number of alkyl halides is 2. The van der Waals surface area contributed by atoms with E-state index in [0.29, 0.717) is 11.3 Å². The maximum absolute atomic E-state index is 12.9. The minimum absolute atomic E-state index is 0.210. The molecule has 1 atom stereocenters. The molecule has 116 valence electrons. The van der Waals surface area contributed by atoms with E-state index < -0.39 is 35.0 Å². The first-order chi connectivity index (χ1) is 9.66. The van der Waals surface area contributed by atoms with E-state index in [0.717, 1.165) is 0 Å². The number of rotatable bonds is 5. The van der Waals surface area contributed by atoms with Crippen LogP contribution >= 0.6 is 0 Å². The molecular formula is C12H14F2N2O4S. The average Bonchev–Trinajstić information content (AvgIpc) is 2.72. The Hall–Kier alpha value is -1.58. The molecule has 0 fully saturated rings. The summed E-state index contributed by atoms with van der Waals surface area (Å²) in [5.41, 5.74) is 1.00. The van der Waals surface area contributed by atoms with Gasteiger partial charge in [-0.1, -0.05) is 0 Å². The molecule has 2 rings (SSSR count). The number of hydrogen-bond donors (Lipinski definition) is 3. The Morgan fingerprint density at radius 1 is 1.43 bits per heavy atom. The van der Waals surface area contributed by atoms with Crippen LogP contribution in [-0.4, -0.2) is 38.5 Å². The molecule has 0 saturated heterocycles. The molecule has 1 aromatic rings. The Kier molecular flexibility index (Phi) is 4.00. The number of nitrogens with one attached hydrogen (secondary N) is 2. The van der Waals surface area contributed by atoms with E-state index >= 15 is 0 Å². The van der Waals surface area contributed by atoms with Gasteiger partial charge in [0, 0.05) is 5.69 Å². The van der Waals surface area contributed by atoms with Gasteiger partial charge in [0.2, 0.25) is 15.9 Å². The summed E-state index contributed by atoms with van der Waals surface area (Å²) in [5, 5.41) is 11.0. The fourth-order valence-electron chi connectivity index (χ4n) is 1.90. The van der Waals surface area contributed by atoms with E-state index in [-0.39, 0.29) is 10.8 Å². The molecule has 0 bridgehead atoms. The summed E-state index contributed by atoms with van der Waals surface area (Å²) in [4.78, 5) is 11.3. The van der Waals surface area contributed by atoms with Crippen molar-refractivity contribution in [3.63, 3.8) is 0 Å². The summed E-state index contributed by atoms with van der Waals surface area (Å²) in [6, 6.07) is 3.91. The molecule has 1 unspecified atom stereocenters. The Labute approximate surface area is 120 Å². The van der Waals surface area contributed by atoms with Crippen molar-refractivity contribution in [2.75, 3.05) is 18.5 Å². The van der Waals surface area contributed by atoms with Gasteiger partial charge in [-0.2, -0.15) is 0 Å². The van der Waals surface area contributed by atoms with Crippen LogP contribution in [0.4, 0.5) is 14.5 Å². The average molecular weight is 320 g/mol. The van der Waals surface area contributed by atoms with E-state index in [4.69, 9.17) is 5.11 Å². The number of hydrogen-bond acceptors (Lipinski definition) is 4. The van der Waals surface area contributed by atoms with Gasteiger partial charge < -0.3 is 10.4 Å². The van der Waals surface area contributed by atoms with Gasteiger partial charge in [-0.05, 0) is 30.7 Å². The second kappa shape index (κ2) is 5.32. The highest BCUT2D eigenvalue weighted by atomic mass is 32.2. The molecule has 1 aromatic carbocycles. The molecule has 6 nitrogen and oxygen atoms in total. The Bertz CT molecular complexity index is 676. The first-order valence-electron chi connectivity index (χ1n) is 6.09. The number of halogens is 2. The molecule has 1 aliphatic heterocycles. The van der Waals surface area contributed by atoms with Crippen LogP contribution in [0.25, 0.3) is 0 Å². The predicted octanol–water partition coefficient (Wildman–Crippen LogP) is 0.648. The van der Waals surface area contributed by atoms with Crippen LogP contribution in [0, 0.1) is 0 Å². The lowest BCUT2D eigenvalue weighted by atomic mass is 10.0. The summed E-state index contributed by atoms with van der Waals surface area (Å²) < 4.78 is 51.4. The number of carbonyl (C=O) groups is 1. The van der Waals surface area contributed by atoms with Crippen LogP contribution in [0.2, 0.25) is 0 Å². The number of aliphatic hydroxyl groups excluding tert-OH is 1. The third-order valence-corrected chi connectivity index (χ3v) is 4.60. The van der Waals surface area contributed by atoms with Crippen LogP contribution in [0.5, 0.6) is 0 Å². The lowest BCUT2D eigenvalue weighted by molar-refractivity contribution is -0.116. The van der Waals surface area contributed by atoms with Gasteiger partial charge >= 0.3 is 0 Å². The van der Waals surface area contributed by atoms with Crippen LogP contribution in [0.1, 0.15) is 18.4 Å². The SMILES string of the molecule is CC1C(=O)Nc2ccc(S(=O)(=O)NCC(F)(F)CO)cc21. The van der Waals surface area contributed by atoms with E-state index in [2.05, 4.69) is 5.32 Å². The molecule has 0 aromatic heterocycles. The van der Waals surface area contributed by atoms with Gasteiger partial charge in [0.15, 0.2) is 0 Å². The number of amides is 1. The summed E-state index contributed by atoms with van der Waals surface area (Å²) in [7, 11) is -4.15. The van der Waals surface area contributed by atoms with Crippen molar-refractivity contribution in [1.82, 2.24) is 4.72 Å². The second-order valence-corrected chi connectivity index (χ2v) is 6.57. The molecule has 0 saturated carbocycles. The largest absolute Gasteiger partial charge is 0.390 e. The molecular weight excluding hydrogens is 306 g/mol. The number of sulfonamides is 1. The molecule has 0 radical (unpaired) electrons. The normalized spacial score (nSPS) is 18.5. The third-order valence-electron chi connectivity index (χ3n) is 3.20. The monoisotopic (exact) mass is 320 g/mol. The molecule has 1 aliphatic rings. The summed E-state index contributed by atoms with van der Waals surface area (Å²) in [6.45, 7) is -1.03. The third kappa shape index (κ3) is 3.20. The highest BCUT2D eigenvalue weighted by Crippen LogP contribution is 2.33. The number of carbonyl (C=O) groups excluding carboxylic acids is 1. The fourth-order valence-corrected chi connectivity index (χ4v) is 3.00. The van der Waals surface area contributed by atoms with Crippen LogP contribution in [0.15, 0.2) is 23.1 Å². The Balaban J connectivity index is 2.25. The van der Waals surface area contributed by atoms with E-state index in [1.54, 1.807) is 11.6 Å². The van der Waals surface area contributed by atoms with Crippen LogP contribution < -0.4 is 10.0 Å². The first-order valence-corrected chi connectivity index (χ1v) is 7.58. The van der Waals surface area contributed by atoms with E-state index in [1.807, 2.05) is 0 Å². The van der Waals surface area contributed by atoms with Crippen molar-refractivity contribution in [2.24, 2.45) is 0 Å². The second-order valence-electron chi connectivity index (χ2n) is 4.80. The quantitative estimate of drug-likeness (QED) is 0.742. The lowest BCUT2D eigenvalue weighted by Crippen LogP contribution is -2.38. The Morgan fingerprint density at radius 3 is 2.71 bits per heavy atom. The number of benzene rings is 1. The number of fused-ring (bicyclic) bond motifs is 1. The standard InChI is InChI=1S/C12H14F2N2O4S/c1-7-9-4-8(2-3-10(9)16-11(7)18)21(19,20)15-5-12(13,14)6-17/h2-4,7,15,17H,5-6H2,1H3,(H,16,18). The maximum Gasteiger partial charge on any atom is 0.283 e. The smallest absolute Gasteiger partial charge is 0.283 e. The highest BCUT2D eigenvalue weighted by molar-refractivity contribution is 7.89. The van der Waals surface area contributed by atoms with Crippen LogP contribution in [-0.2, 0) is 14.8 Å². The zero-order valence-corrected chi connectivity index (χ0v) is 11.9. The minimum Gasteiger partial charge on any atom is -0.390 e. The van der Waals surface area contributed by atoms with E-state index in [9.17, 15) is 22.0 Å². The van der Waals surface area contributed by atoms with Gasteiger partial charge in [0.1, 0.15) is 6.61 Å². The number of anilines is 1. The molecule has 1 amide bonds. The molecule has 0 spiro atoms. The van der Waals surface area contributed by atoms with Crippen molar-refractivity contribution in [3.8, 4) is 0 Å². The fraction of sp³-hybridized carbons (Fsp3) is 0.417. The zero-order chi connectivity index (χ0) is 15.8. The zero-order valence-electron chi connectivity index (χ0n) is 11.1. The predicted molar refractivity (Wildman–Crippen MR) is 70.7 cm³/mol. The lowest BCUT2D eigenvalue weighted by Gasteiger charge is -2.14.